The van der Waals surface area contributed by atoms with Crippen molar-refractivity contribution >= 4 is 27.5 Å². The van der Waals surface area contributed by atoms with E-state index >= 15 is 0 Å². The first-order valence-electron chi connectivity index (χ1n) is 15.4. The van der Waals surface area contributed by atoms with E-state index in [-0.39, 0.29) is 48.1 Å². The number of hydrogen-bond donors (Lipinski definition) is 4. The molecule has 0 bridgehead atoms. The van der Waals surface area contributed by atoms with Crippen molar-refractivity contribution in [1.29, 1.82) is 0 Å². The molecule has 48 heavy (non-hydrogen) atoms. The van der Waals surface area contributed by atoms with Crippen LogP contribution in [0.1, 0.15) is 50.4 Å². The van der Waals surface area contributed by atoms with Crippen LogP contribution in [0.4, 0.5) is 10.1 Å². The summed E-state index contributed by atoms with van der Waals surface area (Å²) in [7, 11) is -1.02. The Kier molecular flexibility index (Phi) is 12.3. The Morgan fingerprint density at radius 1 is 0.896 bits per heavy atom. The van der Waals surface area contributed by atoms with Gasteiger partial charge in [0.25, 0.3) is 11.8 Å². The third-order valence-corrected chi connectivity index (χ3v) is 9.17. The van der Waals surface area contributed by atoms with Gasteiger partial charge in [-0.2, -0.15) is 0 Å². The number of sulfonamides is 1. The summed E-state index contributed by atoms with van der Waals surface area (Å²) in [4.78, 5) is 27.2. The molecule has 0 aromatic heterocycles. The van der Waals surface area contributed by atoms with Crippen molar-refractivity contribution in [3.8, 4) is 5.75 Å². The molecule has 4 aromatic rings. The minimum atomic E-state index is -3.74. The second-order valence-corrected chi connectivity index (χ2v) is 13.5. The number of anilines is 1. The second-order valence-electron chi connectivity index (χ2n) is 11.5. The monoisotopic (exact) mass is 676 g/mol. The van der Waals surface area contributed by atoms with Crippen LogP contribution < -0.4 is 25.0 Å². The van der Waals surface area contributed by atoms with E-state index in [2.05, 4.69) is 16.0 Å². The Hall–Kier alpha value is -4.78. The number of nitrogens with one attached hydrogen (secondary N) is 3. The fraction of sp³-hybridized carbons (Fsp3) is 0.278. The Morgan fingerprint density at radius 3 is 2.10 bits per heavy atom. The molecule has 4 rings (SSSR count). The molecule has 0 unspecified atom stereocenters. The second kappa shape index (κ2) is 16.4. The summed E-state index contributed by atoms with van der Waals surface area (Å²) >= 11 is 0. The highest BCUT2D eigenvalue weighted by molar-refractivity contribution is 7.92. The molecule has 10 nitrogen and oxygen atoms in total. The molecule has 0 aliphatic carbocycles. The number of carbonyl (C=O) groups is 2. The highest BCUT2D eigenvalue weighted by atomic mass is 32.2. The number of rotatable bonds is 15. The molecule has 4 aromatic carbocycles. The first-order chi connectivity index (χ1) is 22.9. The number of aliphatic hydroxyl groups is 1. The van der Waals surface area contributed by atoms with Gasteiger partial charge in [0.2, 0.25) is 10.0 Å². The Labute approximate surface area is 281 Å². The summed E-state index contributed by atoms with van der Waals surface area (Å²) in [6, 6.07) is 26.4. The fourth-order valence-corrected chi connectivity index (χ4v) is 5.59. The van der Waals surface area contributed by atoms with Crippen LogP contribution in [0.25, 0.3) is 0 Å². The third-order valence-electron chi connectivity index (χ3n) is 7.96. The molecule has 3 atom stereocenters. The minimum absolute atomic E-state index is 0.0102. The van der Waals surface area contributed by atoms with Gasteiger partial charge < -0.3 is 25.8 Å². The van der Waals surface area contributed by atoms with E-state index < -0.39 is 39.8 Å². The van der Waals surface area contributed by atoms with Crippen molar-refractivity contribution in [1.82, 2.24) is 16.0 Å². The summed E-state index contributed by atoms with van der Waals surface area (Å²) in [5, 5.41) is 20.1. The Bertz CT molecular complexity index is 1810. The summed E-state index contributed by atoms with van der Waals surface area (Å²) in [5.41, 5.74) is 2.29. The molecule has 4 N–H and O–H groups in total. The number of amides is 2. The lowest BCUT2D eigenvalue weighted by atomic mass is 9.99. The van der Waals surface area contributed by atoms with Crippen LogP contribution in [0.5, 0.6) is 5.75 Å². The largest absolute Gasteiger partial charge is 0.494 e. The van der Waals surface area contributed by atoms with Crippen LogP contribution in [0.15, 0.2) is 97.1 Å². The zero-order valence-electron chi connectivity index (χ0n) is 27.3. The lowest BCUT2D eigenvalue weighted by Crippen LogP contribution is -2.48. The van der Waals surface area contributed by atoms with Crippen molar-refractivity contribution in [2.75, 3.05) is 31.3 Å². The van der Waals surface area contributed by atoms with E-state index in [9.17, 15) is 27.5 Å². The van der Waals surface area contributed by atoms with Crippen LogP contribution in [-0.2, 0) is 23.0 Å². The van der Waals surface area contributed by atoms with Crippen LogP contribution >= 0.6 is 0 Å². The molecule has 0 fully saturated rings. The fourth-order valence-electron chi connectivity index (χ4n) is 5.10. The molecular weight excluding hydrogens is 635 g/mol. The summed E-state index contributed by atoms with van der Waals surface area (Å²) in [5.74, 6) is -1.52. The normalized spacial score (nSPS) is 13.2. The SMILES string of the molecule is COc1cccc(CNC[C@@H](O)[C@H](Cc2ccccc2)NC(=O)c2cc(C(=O)N[C@H](C)c3ccccc3)cc(N(C)S(C)(=O)=O)c2)c1F. The highest BCUT2D eigenvalue weighted by Crippen LogP contribution is 2.23. The molecule has 0 aliphatic heterocycles. The third kappa shape index (κ3) is 9.63. The number of ether oxygens (including phenoxy) is 1. The van der Waals surface area contributed by atoms with Gasteiger partial charge in [0.1, 0.15) is 0 Å². The molecule has 0 aliphatic rings. The standard InChI is InChI=1S/C36H41FN4O6S/c1-24(26-14-9-6-10-15-26)39-35(43)28-19-29(21-30(20-28)41(2)48(4,45)46)36(44)40-31(18-25-12-7-5-8-13-25)32(42)23-38-22-27-16-11-17-33(47-3)34(27)37/h5-17,19-21,24,31-32,38,42H,18,22-23H2,1-4H3,(H,39,43)(H,40,44)/t24-,31+,32-/m1/s1. The maximum atomic E-state index is 14.7. The van der Waals surface area contributed by atoms with Gasteiger partial charge in [0.05, 0.1) is 37.2 Å². The van der Waals surface area contributed by atoms with Gasteiger partial charge in [-0.15, -0.1) is 0 Å². The lowest BCUT2D eigenvalue weighted by Gasteiger charge is -2.26. The number of halogens is 1. The molecule has 12 heteroatoms. The van der Waals surface area contributed by atoms with Crippen LogP contribution in [0, 0.1) is 5.82 Å². The first-order valence-corrected chi connectivity index (χ1v) is 17.2. The molecule has 0 saturated heterocycles. The molecular formula is C36H41FN4O6S. The molecule has 0 heterocycles. The summed E-state index contributed by atoms with van der Waals surface area (Å²) in [6.07, 6.45) is 0.167. The lowest BCUT2D eigenvalue weighted by molar-refractivity contribution is 0.0829. The van der Waals surface area contributed by atoms with E-state index in [1.54, 1.807) is 12.1 Å². The number of methoxy groups -OCH3 is 1. The van der Waals surface area contributed by atoms with Gasteiger partial charge in [0.15, 0.2) is 11.6 Å². The first kappa shape index (κ1) is 36.1. The molecule has 254 valence electrons. The zero-order valence-corrected chi connectivity index (χ0v) is 28.1. The quantitative estimate of drug-likeness (QED) is 0.148. The van der Waals surface area contributed by atoms with Crippen molar-refractivity contribution in [3.05, 3.63) is 131 Å². The Balaban J connectivity index is 1.58. The highest BCUT2D eigenvalue weighted by Gasteiger charge is 2.25. The van der Waals surface area contributed by atoms with Crippen LogP contribution in [0.2, 0.25) is 0 Å². The van der Waals surface area contributed by atoms with Gasteiger partial charge in [0, 0.05) is 36.8 Å². The Morgan fingerprint density at radius 2 is 1.50 bits per heavy atom. The van der Waals surface area contributed by atoms with E-state index in [1.165, 1.54) is 38.4 Å². The van der Waals surface area contributed by atoms with Gasteiger partial charge in [-0.3, -0.25) is 13.9 Å². The molecule has 0 radical (unpaired) electrons. The molecule has 2 amide bonds. The van der Waals surface area contributed by atoms with Gasteiger partial charge >= 0.3 is 0 Å². The van der Waals surface area contributed by atoms with Gasteiger partial charge in [-0.05, 0) is 48.7 Å². The van der Waals surface area contributed by atoms with Gasteiger partial charge in [-0.25, -0.2) is 12.8 Å². The van der Waals surface area contributed by atoms with Crippen LogP contribution in [0.3, 0.4) is 0 Å². The van der Waals surface area contributed by atoms with Crippen LogP contribution in [-0.4, -0.2) is 64.4 Å². The smallest absolute Gasteiger partial charge is 0.251 e. The van der Waals surface area contributed by atoms with Crippen molar-refractivity contribution in [2.24, 2.45) is 0 Å². The number of hydrogen-bond acceptors (Lipinski definition) is 7. The van der Waals surface area contributed by atoms with E-state index in [0.29, 0.717) is 5.56 Å². The zero-order chi connectivity index (χ0) is 34.8. The molecule has 0 spiro atoms. The van der Waals surface area contributed by atoms with E-state index in [1.807, 2.05) is 67.6 Å². The predicted octanol–water partition coefficient (Wildman–Crippen LogP) is 4.21. The minimum Gasteiger partial charge on any atom is -0.494 e. The maximum absolute atomic E-state index is 14.7. The van der Waals surface area contributed by atoms with Crippen molar-refractivity contribution in [2.45, 2.75) is 38.1 Å². The van der Waals surface area contributed by atoms with Gasteiger partial charge in [-0.1, -0.05) is 72.8 Å². The number of benzene rings is 4. The number of nitrogens with zero attached hydrogens (tertiary/aromatic N) is 1. The van der Waals surface area contributed by atoms with Crippen molar-refractivity contribution < 1.29 is 32.2 Å². The summed E-state index contributed by atoms with van der Waals surface area (Å²) < 4.78 is 45.6. The van der Waals surface area contributed by atoms with E-state index in [0.717, 1.165) is 21.7 Å². The summed E-state index contributed by atoms with van der Waals surface area (Å²) in [6.45, 7) is 1.93. The average Bonchev–Trinajstić information content (AvgIpc) is 3.08. The van der Waals surface area contributed by atoms with Crippen molar-refractivity contribution in [3.63, 3.8) is 0 Å². The number of aliphatic hydroxyl groups excluding tert-OH is 1. The van der Waals surface area contributed by atoms with E-state index in [4.69, 9.17) is 4.74 Å². The topological polar surface area (TPSA) is 137 Å². The molecule has 0 saturated carbocycles. The number of carbonyl (C=O) groups excluding carboxylic acids is 2. The maximum Gasteiger partial charge on any atom is 0.251 e. The average molecular weight is 677 g/mol. The predicted molar refractivity (Wildman–Crippen MR) is 184 cm³/mol.